The first kappa shape index (κ1) is 13.5. The highest BCUT2D eigenvalue weighted by molar-refractivity contribution is 6.65. The van der Waals surface area contributed by atoms with Crippen molar-refractivity contribution in [3.05, 3.63) is 0 Å². The van der Waals surface area contributed by atoms with E-state index in [1.165, 1.54) is 19.3 Å². The third kappa shape index (κ3) is 3.76. The molecule has 2 aliphatic rings. The highest BCUT2D eigenvalue weighted by Crippen LogP contribution is 2.39. The number of rotatable bonds is 7. The predicted octanol–water partition coefficient (Wildman–Crippen LogP) is 1.94. The molecule has 2 fully saturated rings. The van der Waals surface area contributed by atoms with Crippen LogP contribution in [-0.2, 0) is 18.3 Å². The Labute approximate surface area is 105 Å². The van der Waals surface area contributed by atoms with Gasteiger partial charge in [0.1, 0.15) is 0 Å². The molecule has 1 heterocycles. The Kier molecular flexibility index (Phi) is 4.60. The van der Waals surface area contributed by atoms with Crippen molar-refractivity contribution in [1.82, 2.24) is 0 Å². The molecule has 0 aromatic carbocycles. The van der Waals surface area contributed by atoms with E-state index in [-0.39, 0.29) is 0 Å². The Bertz CT molecular complexity index is 245. The molecule has 1 aliphatic carbocycles. The molecule has 0 radical (unpaired) electrons. The Morgan fingerprint density at radius 2 is 1.94 bits per heavy atom. The molecule has 100 valence electrons. The lowest BCUT2D eigenvalue weighted by molar-refractivity contribution is 0.0917. The summed E-state index contributed by atoms with van der Waals surface area (Å²) < 4.78 is 22.1. The molecule has 0 bridgehead atoms. The van der Waals surface area contributed by atoms with Gasteiger partial charge in [-0.15, -0.1) is 0 Å². The van der Waals surface area contributed by atoms with E-state index in [4.69, 9.17) is 18.3 Å². The molecule has 4 nitrogen and oxygen atoms in total. The fourth-order valence-corrected chi connectivity index (χ4v) is 3.52. The summed E-state index contributed by atoms with van der Waals surface area (Å²) in [5.41, 5.74) is 0. The van der Waals surface area contributed by atoms with Gasteiger partial charge in [-0.25, -0.2) is 0 Å². The summed E-state index contributed by atoms with van der Waals surface area (Å²) in [6.45, 7) is 3.68. The minimum atomic E-state index is -1.94. The normalized spacial score (nSPS) is 32.3. The van der Waals surface area contributed by atoms with Gasteiger partial charge in [0.25, 0.3) is 0 Å². The van der Waals surface area contributed by atoms with Gasteiger partial charge in [0, 0.05) is 33.5 Å². The zero-order chi connectivity index (χ0) is 12.3. The fraction of sp³-hybridized carbons (Fsp3) is 1.00. The molecule has 17 heavy (non-hydrogen) atoms. The fourth-order valence-electron chi connectivity index (χ4n) is 2.43. The molecule has 0 amide bonds. The number of epoxide rings is 1. The summed E-state index contributed by atoms with van der Waals surface area (Å²) in [6, 6.07) is 0.898. The van der Waals surface area contributed by atoms with Gasteiger partial charge in [-0.2, -0.15) is 0 Å². The predicted molar refractivity (Wildman–Crippen MR) is 67.3 cm³/mol. The molecule has 0 aromatic rings. The highest BCUT2D eigenvalue weighted by Gasteiger charge is 2.43. The third-order valence-electron chi connectivity index (χ3n) is 4.03. The van der Waals surface area contributed by atoms with Crippen molar-refractivity contribution >= 4 is 8.56 Å². The Balaban J connectivity index is 1.56. The molecule has 5 heteroatoms. The lowest BCUT2D eigenvalue weighted by Gasteiger charge is -2.23. The van der Waals surface area contributed by atoms with Crippen LogP contribution in [0.2, 0.25) is 12.6 Å². The van der Waals surface area contributed by atoms with Crippen molar-refractivity contribution in [1.29, 1.82) is 0 Å². The molecule has 3 atom stereocenters. The third-order valence-corrected chi connectivity index (χ3v) is 6.87. The Morgan fingerprint density at radius 1 is 1.18 bits per heavy atom. The van der Waals surface area contributed by atoms with Crippen molar-refractivity contribution in [3.8, 4) is 0 Å². The summed E-state index contributed by atoms with van der Waals surface area (Å²) in [7, 11) is 1.51. The van der Waals surface area contributed by atoms with Crippen LogP contribution in [0.5, 0.6) is 0 Å². The molecular weight excluding hydrogens is 236 g/mol. The van der Waals surface area contributed by atoms with Crippen molar-refractivity contribution in [3.63, 3.8) is 0 Å². The lowest BCUT2D eigenvalue weighted by atomic mass is 9.90. The number of hydrogen-bond donors (Lipinski definition) is 0. The van der Waals surface area contributed by atoms with Crippen LogP contribution < -0.4 is 0 Å². The smallest absolute Gasteiger partial charge is 0.336 e. The van der Waals surface area contributed by atoms with Crippen LogP contribution in [0.4, 0.5) is 0 Å². The Hall–Kier alpha value is 0.0569. The van der Waals surface area contributed by atoms with E-state index in [9.17, 15) is 0 Å². The van der Waals surface area contributed by atoms with E-state index >= 15 is 0 Å². The summed E-state index contributed by atoms with van der Waals surface area (Å²) in [5, 5.41) is 0. The molecule has 2 rings (SSSR count). The van der Waals surface area contributed by atoms with Crippen LogP contribution in [0.25, 0.3) is 0 Å². The van der Waals surface area contributed by atoms with Crippen molar-refractivity contribution in [2.24, 2.45) is 5.92 Å². The Morgan fingerprint density at radius 3 is 2.59 bits per heavy atom. The second kappa shape index (κ2) is 5.80. The summed E-state index contributed by atoms with van der Waals surface area (Å²) in [4.78, 5) is 0. The standard InChI is InChI=1S/C12H24O4Si/c1-13-17(3,14-2)7-6-15-9-10-4-5-11-12(8-10)16-11/h10-12H,4-9H2,1-3H3. The molecular formula is C12H24O4Si. The second-order valence-electron chi connectivity index (χ2n) is 5.26. The van der Waals surface area contributed by atoms with Crippen LogP contribution in [-0.4, -0.2) is 48.2 Å². The van der Waals surface area contributed by atoms with Crippen molar-refractivity contribution in [2.45, 2.75) is 44.1 Å². The van der Waals surface area contributed by atoms with Gasteiger partial charge in [0.2, 0.25) is 0 Å². The first-order valence-corrected chi connectivity index (χ1v) is 9.03. The number of hydrogen-bond acceptors (Lipinski definition) is 4. The average Bonchev–Trinajstić information content (AvgIpc) is 3.12. The van der Waals surface area contributed by atoms with E-state index in [0.717, 1.165) is 19.3 Å². The molecule has 0 N–H and O–H groups in total. The van der Waals surface area contributed by atoms with Gasteiger partial charge in [-0.3, -0.25) is 0 Å². The maximum absolute atomic E-state index is 5.76. The summed E-state index contributed by atoms with van der Waals surface area (Å²) >= 11 is 0. The van der Waals surface area contributed by atoms with Crippen molar-refractivity contribution < 1.29 is 18.3 Å². The van der Waals surface area contributed by atoms with Gasteiger partial charge in [0.05, 0.1) is 12.2 Å². The van der Waals surface area contributed by atoms with Gasteiger partial charge >= 0.3 is 8.56 Å². The van der Waals surface area contributed by atoms with Gasteiger partial charge < -0.3 is 18.3 Å². The van der Waals surface area contributed by atoms with Crippen LogP contribution in [0.3, 0.4) is 0 Å². The highest BCUT2D eigenvalue weighted by atomic mass is 28.4. The van der Waals surface area contributed by atoms with Gasteiger partial charge in [-0.05, 0) is 31.7 Å². The zero-order valence-corrected chi connectivity index (χ0v) is 12.1. The monoisotopic (exact) mass is 260 g/mol. The SMILES string of the molecule is CO[Si](C)(CCOCC1CCC2OC2C1)OC. The topological polar surface area (TPSA) is 40.2 Å². The zero-order valence-electron chi connectivity index (χ0n) is 11.1. The molecule has 3 unspecified atom stereocenters. The lowest BCUT2D eigenvalue weighted by Crippen LogP contribution is -2.37. The van der Waals surface area contributed by atoms with Crippen LogP contribution in [0.1, 0.15) is 19.3 Å². The minimum Gasteiger partial charge on any atom is -0.398 e. The largest absolute Gasteiger partial charge is 0.398 e. The molecule has 0 spiro atoms. The summed E-state index contributed by atoms with van der Waals surface area (Å²) in [5.74, 6) is 0.691. The molecule has 1 saturated carbocycles. The van der Waals surface area contributed by atoms with E-state index in [0.29, 0.717) is 18.1 Å². The van der Waals surface area contributed by atoms with Crippen LogP contribution in [0.15, 0.2) is 0 Å². The minimum absolute atomic E-state index is 0.551. The first-order valence-electron chi connectivity index (χ1n) is 6.50. The van der Waals surface area contributed by atoms with Crippen LogP contribution >= 0.6 is 0 Å². The maximum atomic E-state index is 5.76. The molecule has 1 aliphatic heterocycles. The van der Waals surface area contributed by atoms with Crippen molar-refractivity contribution in [2.75, 3.05) is 27.4 Å². The van der Waals surface area contributed by atoms with E-state index in [1.54, 1.807) is 14.2 Å². The van der Waals surface area contributed by atoms with E-state index in [1.807, 2.05) is 0 Å². The quantitative estimate of drug-likeness (QED) is 0.398. The maximum Gasteiger partial charge on any atom is 0.336 e. The molecule has 0 aromatic heterocycles. The number of fused-ring (bicyclic) bond motifs is 1. The number of ether oxygens (including phenoxy) is 2. The van der Waals surface area contributed by atoms with E-state index < -0.39 is 8.56 Å². The first-order chi connectivity index (χ1) is 8.17. The van der Waals surface area contributed by atoms with Crippen LogP contribution in [0, 0.1) is 5.92 Å². The summed E-state index contributed by atoms with van der Waals surface area (Å²) in [6.07, 6.45) is 4.80. The van der Waals surface area contributed by atoms with Gasteiger partial charge in [0.15, 0.2) is 0 Å². The van der Waals surface area contributed by atoms with Gasteiger partial charge in [-0.1, -0.05) is 0 Å². The second-order valence-corrected chi connectivity index (χ2v) is 8.84. The average molecular weight is 260 g/mol. The molecule has 1 saturated heterocycles. The van der Waals surface area contributed by atoms with E-state index in [2.05, 4.69) is 6.55 Å².